The van der Waals surface area contributed by atoms with E-state index in [1.807, 2.05) is 30.3 Å². The van der Waals surface area contributed by atoms with Crippen LogP contribution in [0.5, 0.6) is 0 Å². The molecule has 0 bridgehead atoms. The normalized spacial score (nSPS) is 12.5. The molecule has 1 atom stereocenters. The zero-order valence-corrected chi connectivity index (χ0v) is 11.7. The molecule has 1 aromatic rings. The van der Waals surface area contributed by atoms with Crippen LogP contribution in [-0.2, 0) is 9.09 Å². The minimum atomic E-state index is -2.01. The van der Waals surface area contributed by atoms with Gasteiger partial charge in [-0.3, -0.25) is 4.57 Å². The first-order valence-electron chi connectivity index (χ1n) is 6.56. The van der Waals surface area contributed by atoms with Gasteiger partial charge in [-0.2, -0.15) is 0 Å². The van der Waals surface area contributed by atoms with E-state index in [4.69, 9.17) is 4.52 Å². The van der Waals surface area contributed by atoms with Crippen LogP contribution in [0.1, 0.15) is 45.4 Å². The largest absolute Gasteiger partial charge is 0.327 e. The summed E-state index contributed by atoms with van der Waals surface area (Å²) in [6, 6.07) is 9.44. The van der Waals surface area contributed by atoms with E-state index in [0.717, 1.165) is 11.7 Å². The van der Waals surface area contributed by atoms with E-state index in [9.17, 15) is 4.57 Å². The highest BCUT2D eigenvalue weighted by molar-refractivity contribution is 7.48. The molecule has 0 aliphatic rings. The van der Waals surface area contributed by atoms with Crippen LogP contribution < -0.4 is 5.30 Å². The van der Waals surface area contributed by atoms with Gasteiger partial charge >= 0.3 is 0 Å². The third-order valence-corrected chi connectivity index (χ3v) is 4.01. The average molecular weight is 254 g/mol. The van der Waals surface area contributed by atoms with Gasteiger partial charge in [0.05, 0.1) is 6.61 Å². The summed E-state index contributed by atoms with van der Waals surface area (Å²) in [5, 5.41) is 0.823. The van der Waals surface area contributed by atoms with Gasteiger partial charge in [-0.05, 0) is 18.6 Å². The summed E-state index contributed by atoms with van der Waals surface area (Å²) in [6.07, 6.45) is 7.38. The molecule has 0 spiro atoms. The molecule has 0 aliphatic carbocycles. The Balaban J connectivity index is 2.05. The standard InChI is InChI=1S/C14H23O2P/c1-2-3-4-5-6-10-13-16-17(15)14-11-8-7-9-12-14/h7-9,11-12,17H,2-6,10,13H2,1H3. The molecule has 0 aliphatic heterocycles. The Kier molecular flexibility index (Phi) is 8.04. The lowest BCUT2D eigenvalue weighted by Crippen LogP contribution is -1.98. The fraction of sp³-hybridized carbons (Fsp3) is 0.571. The summed E-state index contributed by atoms with van der Waals surface area (Å²) < 4.78 is 17.1. The molecule has 96 valence electrons. The first-order chi connectivity index (χ1) is 8.34. The average Bonchev–Trinajstić information content (AvgIpc) is 2.38. The molecule has 1 rings (SSSR count). The van der Waals surface area contributed by atoms with Crippen molar-refractivity contribution in [2.75, 3.05) is 6.61 Å². The Morgan fingerprint density at radius 2 is 1.65 bits per heavy atom. The van der Waals surface area contributed by atoms with Crippen LogP contribution in [0.25, 0.3) is 0 Å². The van der Waals surface area contributed by atoms with Gasteiger partial charge in [0.25, 0.3) is 0 Å². The van der Waals surface area contributed by atoms with E-state index >= 15 is 0 Å². The van der Waals surface area contributed by atoms with Crippen LogP contribution in [0.2, 0.25) is 0 Å². The summed E-state index contributed by atoms with van der Waals surface area (Å²) in [7, 11) is -2.01. The van der Waals surface area contributed by atoms with Crippen molar-refractivity contribution in [1.82, 2.24) is 0 Å². The van der Waals surface area contributed by atoms with Gasteiger partial charge in [0.15, 0.2) is 0 Å². The predicted octanol–water partition coefficient (Wildman–Crippen LogP) is 4.16. The molecule has 2 nitrogen and oxygen atoms in total. The van der Waals surface area contributed by atoms with Crippen molar-refractivity contribution in [1.29, 1.82) is 0 Å². The second-order valence-corrected chi connectivity index (χ2v) is 5.71. The maximum absolute atomic E-state index is 11.7. The molecule has 0 aromatic heterocycles. The van der Waals surface area contributed by atoms with Crippen molar-refractivity contribution in [2.24, 2.45) is 0 Å². The molecule has 0 amide bonds. The van der Waals surface area contributed by atoms with E-state index in [1.54, 1.807) is 0 Å². The van der Waals surface area contributed by atoms with Crippen LogP contribution in [0, 0.1) is 0 Å². The topological polar surface area (TPSA) is 26.3 Å². The number of benzene rings is 1. The van der Waals surface area contributed by atoms with Crippen molar-refractivity contribution in [2.45, 2.75) is 45.4 Å². The highest BCUT2D eigenvalue weighted by Crippen LogP contribution is 2.21. The van der Waals surface area contributed by atoms with E-state index in [-0.39, 0.29) is 0 Å². The maximum Gasteiger partial charge on any atom is 0.220 e. The molecule has 1 aromatic carbocycles. The lowest BCUT2D eigenvalue weighted by molar-refractivity contribution is 0.321. The van der Waals surface area contributed by atoms with Crippen LogP contribution in [0.4, 0.5) is 0 Å². The fourth-order valence-corrected chi connectivity index (χ4v) is 2.67. The summed E-state index contributed by atoms with van der Waals surface area (Å²) in [4.78, 5) is 0. The second kappa shape index (κ2) is 9.44. The van der Waals surface area contributed by atoms with Crippen LogP contribution in [0.3, 0.4) is 0 Å². The van der Waals surface area contributed by atoms with Crippen molar-refractivity contribution >= 4 is 13.3 Å². The minimum absolute atomic E-state index is 0.624. The first kappa shape index (κ1) is 14.5. The number of hydrogen-bond acceptors (Lipinski definition) is 2. The molecule has 1 unspecified atom stereocenters. The number of rotatable bonds is 9. The van der Waals surface area contributed by atoms with E-state index in [2.05, 4.69) is 6.92 Å². The van der Waals surface area contributed by atoms with Crippen molar-refractivity contribution < 1.29 is 9.09 Å². The molecule has 17 heavy (non-hydrogen) atoms. The van der Waals surface area contributed by atoms with Crippen molar-refractivity contribution in [3.05, 3.63) is 30.3 Å². The summed E-state index contributed by atoms with van der Waals surface area (Å²) >= 11 is 0. The van der Waals surface area contributed by atoms with Gasteiger partial charge < -0.3 is 4.52 Å². The molecular formula is C14H23O2P. The Morgan fingerprint density at radius 3 is 2.35 bits per heavy atom. The smallest absolute Gasteiger partial charge is 0.220 e. The molecule has 0 saturated carbocycles. The quantitative estimate of drug-likeness (QED) is 0.488. The zero-order valence-electron chi connectivity index (χ0n) is 10.7. The minimum Gasteiger partial charge on any atom is -0.327 e. The zero-order chi connectivity index (χ0) is 12.3. The Bertz CT molecular complexity index is 311. The molecule has 0 N–H and O–H groups in total. The molecule has 0 heterocycles. The van der Waals surface area contributed by atoms with Gasteiger partial charge in [-0.25, -0.2) is 0 Å². The van der Waals surface area contributed by atoms with Crippen LogP contribution in [0.15, 0.2) is 30.3 Å². The second-order valence-electron chi connectivity index (χ2n) is 4.27. The van der Waals surface area contributed by atoms with Crippen molar-refractivity contribution in [3.8, 4) is 0 Å². The lowest BCUT2D eigenvalue weighted by Gasteiger charge is -2.04. The third kappa shape index (κ3) is 6.65. The van der Waals surface area contributed by atoms with Gasteiger partial charge in [0.1, 0.15) is 0 Å². The Hall–Kier alpha value is -0.590. The van der Waals surface area contributed by atoms with Crippen LogP contribution >= 0.6 is 8.03 Å². The summed E-state index contributed by atoms with van der Waals surface area (Å²) in [6.45, 7) is 2.84. The summed E-state index contributed by atoms with van der Waals surface area (Å²) in [5.41, 5.74) is 0. The van der Waals surface area contributed by atoms with Crippen molar-refractivity contribution in [3.63, 3.8) is 0 Å². The van der Waals surface area contributed by atoms with Gasteiger partial charge in [0, 0.05) is 5.30 Å². The van der Waals surface area contributed by atoms with Gasteiger partial charge in [0.2, 0.25) is 8.03 Å². The molecule has 3 heteroatoms. The Morgan fingerprint density at radius 1 is 1.00 bits per heavy atom. The molecule has 0 radical (unpaired) electrons. The number of hydrogen-bond donors (Lipinski definition) is 0. The molecule has 0 fully saturated rings. The van der Waals surface area contributed by atoms with E-state index in [0.29, 0.717) is 6.61 Å². The highest BCUT2D eigenvalue weighted by Gasteiger charge is 2.01. The van der Waals surface area contributed by atoms with Gasteiger partial charge in [-0.15, -0.1) is 0 Å². The Labute approximate surface area is 105 Å². The molecule has 0 saturated heterocycles. The first-order valence-corrected chi connectivity index (χ1v) is 7.88. The van der Waals surface area contributed by atoms with Crippen LogP contribution in [-0.4, -0.2) is 6.61 Å². The highest BCUT2D eigenvalue weighted by atomic mass is 31.1. The SMILES string of the molecule is CCCCCCCCO[PH](=O)c1ccccc1. The summed E-state index contributed by atoms with van der Waals surface area (Å²) in [5.74, 6) is 0. The van der Waals surface area contributed by atoms with E-state index < -0.39 is 8.03 Å². The monoisotopic (exact) mass is 254 g/mol. The van der Waals surface area contributed by atoms with E-state index in [1.165, 1.54) is 32.1 Å². The number of unbranched alkanes of at least 4 members (excludes halogenated alkanes) is 5. The third-order valence-electron chi connectivity index (χ3n) is 2.74. The molecular weight excluding hydrogens is 231 g/mol. The predicted molar refractivity (Wildman–Crippen MR) is 74.4 cm³/mol. The maximum atomic E-state index is 11.7. The fourth-order valence-electron chi connectivity index (χ4n) is 1.70. The lowest BCUT2D eigenvalue weighted by atomic mass is 10.1. The van der Waals surface area contributed by atoms with Gasteiger partial charge in [-0.1, -0.05) is 57.2 Å².